The third-order valence-electron chi connectivity index (χ3n) is 2.63. The second-order valence-corrected chi connectivity index (χ2v) is 4.11. The van der Waals surface area contributed by atoms with Crippen LogP contribution in [0.25, 0.3) is 0 Å². The predicted molar refractivity (Wildman–Crippen MR) is 70.7 cm³/mol. The topological polar surface area (TPSA) is 55.3 Å². The summed E-state index contributed by atoms with van der Waals surface area (Å²) in [5.74, 6) is 0. The van der Waals surface area contributed by atoms with Gasteiger partial charge in [0.25, 0.3) is 0 Å². The van der Waals surface area contributed by atoms with Crippen LogP contribution < -0.4 is 16.4 Å². The van der Waals surface area contributed by atoms with Gasteiger partial charge in [0.15, 0.2) is 0 Å². The number of nitrogens with zero attached hydrogens (tertiary/aromatic N) is 1. The van der Waals surface area contributed by atoms with E-state index in [9.17, 15) is 0 Å². The zero-order valence-corrected chi connectivity index (χ0v) is 10.2. The van der Waals surface area contributed by atoms with E-state index in [0.717, 1.165) is 39.0 Å². The third kappa shape index (κ3) is 4.21. The summed E-state index contributed by atoms with van der Waals surface area (Å²) in [5.41, 5.74) is 13.7. The number of hydrogen-bond donors (Lipinski definition) is 2. The Balaban J connectivity index is 2.66. The van der Waals surface area contributed by atoms with E-state index in [4.69, 9.17) is 11.5 Å². The maximum atomic E-state index is 5.56. The molecule has 0 saturated heterocycles. The van der Waals surface area contributed by atoms with E-state index in [-0.39, 0.29) is 0 Å². The molecule has 0 bridgehead atoms. The van der Waals surface area contributed by atoms with Gasteiger partial charge in [0, 0.05) is 18.8 Å². The van der Waals surface area contributed by atoms with Crippen LogP contribution in [0.15, 0.2) is 24.3 Å². The Morgan fingerprint density at radius 1 is 1.06 bits per heavy atom. The molecule has 90 valence electrons. The van der Waals surface area contributed by atoms with Crippen LogP contribution in [-0.4, -0.2) is 26.2 Å². The van der Waals surface area contributed by atoms with E-state index in [2.05, 4.69) is 36.1 Å². The van der Waals surface area contributed by atoms with Gasteiger partial charge in [-0.3, -0.25) is 0 Å². The smallest absolute Gasteiger partial charge is 0.0368 e. The average molecular weight is 221 g/mol. The second-order valence-electron chi connectivity index (χ2n) is 4.11. The maximum Gasteiger partial charge on any atom is 0.0368 e. The molecule has 0 aliphatic rings. The summed E-state index contributed by atoms with van der Waals surface area (Å²) in [7, 11) is 0. The summed E-state index contributed by atoms with van der Waals surface area (Å²) in [4.78, 5) is 2.37. The lowest BCUT2D eigenvalue weighted by molar-refractivity contribution is 0.702. The van der Waals surface area contributed by atoms with Gasteiger partial charge >= 0.3 is 0 Å². The SMILES string of the molecule is Cc1cccc(N(CCCN)CCCN)c1. The van der Waals surface area contributed by atoms with Crippen molar-refractivity contribution in [2.24, 2.45) is 11.5 Å². The lowest BCUT2D eigenvalue weighted by atomic mass is 10.2. The number of nitrogens with two attached hydrogens (primary N) is 2. The summed E-state index contributed by atoms with van der Waals surface area (Å²) < 4.78 is 0. The van der Waals surface area contributed by atoms with Crippen molar-refractivity contribution in [3.05, 3.63) is 29.8 Å². The van der Waals surface area contributed by atoms with E-state index in [1.54, 1.807) is 0 Å². The van der Waals surface area contributed by atoms with E-state index < -0.39 is 0 Å². The van der Waals surface area contributed by atoms with E-state index in [1.165, 1.54) is 11.3 Å². The Bertz CT molecular complexity index is 291. The first-order valence-corrected chi connectivity index (χ1v) is 5.99. The summed E-state index contributed by atoms with van der Waals surface area (Å²) in [6, 6.07) is 8.59. The zero-order chi connectivity index (χ0) is 11.8. The molecule has 0 aliphatic carbocycles. The molecular weight excluding hydrogens is 198 g/mol. The summed E-state index contributed by atoms with van der Waals surface area (Å²) >= 11 is 0. The van der Waals surface area contributed by atoms with Crippen LogP contribution in [0.5, 0.6) is 0 Å². The average Bonchev–Trinajstić information content (AvgIpc) is 2.29. The molecule has 3 nitrogen and oxygen atoms in total. The molecule has 0 unspecified atom stereocenters. The molecule has 0 amide bonds. The molecule has 1 aromatic carbocycles. The molecule has 16 heavy (non-hydrogen) atoms. The maximum absolute atomic E-state index is 5.56. The number of anilines is 1. The van der Waals surface area contributed by atoms with Gasteiger partial charge in [-0.05, 0) is 50.6 Å². The fraction of sp³-hybridized carbons (Fsp3) is 0.538. The van der Waals surface area contributed by atoms with Crippen molar-refractivity contribution in [3.8, 4) is 0 Å². The Kier molecular flexibility index (Phi) is 5.90. The number of aryl methyl sites for hydroxylation is 1. The standard InChI is InChI=1S/C13H23N3/c1-12-5-2-6-13(11-12)16(9-3-7-14)10-4-8-15/h2,5-6,11H,3-4,7-10,14-15H2,1H3. The second kappa shape index (κ2) is 7.25. The lowest BCUT2D eigenvalue weighted by Crippen LogP contribution is -2.28. The minimum absolute atomic E-state index is 0.741. The Morgan fingerprint density at radius 3 is 2.19 bits per heavy atom. The van der Waals surface area contributed by atoms with E-state index >= 15 is 0 Å². The number of benzene rings is 1. The van der Waals surface area contributed by atoms with Gasteiger partial charge in [0.05, 0.1) is 0 Å². The molecule has 0 saturated carbocycles. The minimum atomic E-state index is 0.741. The van der Waals surface area contributed by atoms with Gasteiger partial charge in [-0.15, -0.1) is 0 Å². The first kappa shape index (κ1) is 13.0. The van der Waals surface area contributed by atoms with Crippen LogP contribution in [0.4, 0.5) is 5.69 Å². The van der Waals surface area contributed by atoms with Gasteiger partial charge in [-0.25, -0.2) is 0 Å². The highest BCUT2D eigenvalue weighted by Crippen LogP contribution is 2.16. The Morgan fingerprint density at radius 2 is 1.69 bits per heavy atom. The highest BCUT2D eigenvalue weighted by atomic mass is 15.1. The van der Waals surface area contributed by atoms with Crippen LogP contribution in [0, 0.1) is 6.92 Å². The lowest BCUT2D eigenvalue weighted by Gasteiger charge is -2.24. The van der Waals surface area contributed by atoms with Crippen LogP contribution in [0.3, 0.4) is 0 Å². The molecule has 3 heteroatoms. The van der Waals surface area contributed by atoms with Crippen molar-refractivity contribution >= 4 is 5.69 Å². The van der Waals surface area contributed by atoms with Crippen molar-refractivity contribution in [2.75, 3.05) is 31.1 Å². The van der Waals surface area contributed by atoms with Crippen LogP contribution in [0.1, 0.15) is 18.4 Å². The molecule has 0 aliphatic heterocycles. The number of rotatable bonds is 7. The highest BCUT2D eigenvalue weighted by Gasteiger charge is 2.05. The van der Waals surface area contributed by atoms with Gasteiger partial charge in [-0.1, -0.05) is 12.1 Å². The monoisotopic (exact) mass is 221 g/mol. The van der Waals surface area contributed by atoms with Crippen LogP contribution in [0.2, 0.25) is 0 Å². The van der Waals surface area contributed by atoms with Gasteiger partial charge in [0.2, 0.25) is 0 Å². The van der Waals surface area contributed by atoms with Crippen LogP contribution in [-0.2, 0) is 0 Å². The molecule has 4 N–H and O–H groups in total. The molecule has 0 radical (unpaired) electrons. The van der Waals surface area contributed by atoms with Gasteiger partial charge in [-0.2, -0.15) is 0 Å². The quantitative estimate of drug-likeness (QED) is 0.733. The molecular formula is C13H23N3. The molecule has 0 fully saturated rings. The van der Waals surface area contributed by atoms with Crippen molar-refractivity contribution < 1.29 is 0 Å². The summed E-state index contributed by atoms with van der Waals surface area (Å²) in [5, 5.41) is 0. The zero-order valence-electron chi connectivity index (χ0n) is 10.2. The molecule has 0 aromatic heterocycles. The Hall–Kier alpha value is -1.06. The van der Waals surface area contributed by atoms with Crippen molar-refractivity contribution in [3.63, 3.8) is 0 Å². The molecule has 0 spiro atoms. The molecule has 1 rings (SSSR count). The Labute approximate surface area is 98.4 Å². The number of hydrogen-bond acceptors (Lipinski definition) is 3. The third-order valence-corrected chi connectivity index (χ3v) is 2.63. The largest absolute Gasteiger partial charge is 0.371 e. The molecule has 0 heterocycles. The van der Waals surface area contributed by atoms with Crippen molar-refractivity contribution in [1.29, 1.82) is 0 Å². The summed E-state index contributed by atoms with van der Waals surface area (Å²) in [6.07, 6.45) is 2.05. The predicted octanol–water partition coefficient (Wildman–Crippen LogP) is 1.50. The molecule has 0 atom stereocenters. The summed E-state index contributed by atoms with van der Waals surface area (Å²) in [6.45, 7) is 5.63. The molecule has 1 aromatic rings. The van der Waals surface area contributed by atoms with Crippen LogP contribution >= 0.6 is 0 Å². The normalized spacial score (nSPS) is 10.4. The van der Waals surface area contributed by atoms with Crippen molar-refractivity contribution in [1.82, 2.24) is 0 Å². The van der Waals surface area contributed by atoms with E-state index in [1.807, 2.05) is 0 Å². The van der Waals surface area contributed by atoms with E-state index in [0.29, 0.717) is 0 Å². The fourth-order valence-electron chi connectivity index (χ4n) is 1.76. The fourth-order valence-corrected chi connectivity index (χ4v) is 1.76. The van der Waals surface area contributed by atoms with Crippen molar-refractivity contribution in [2.45, 2.75) is 19.8 Å². The first-order chi connectivity index (χ1) is 7.77. The van der Waals surface area contributed by atoms with Gasteiger partial charge in [0.1, 0.15) is 0 Å². The first-order valence-electron chi connectivity index (χ1n) is 5.99. The highest BCUT2D eigenvalue weighted by molar-refractivity contribution is 5.48. The van der Waals surface area contributed by atoms with Gasteiger partial charge < -0.3 is 16.4 Å². The minimum Gasteiger partial charge on any atom is -0.371 e.